The van der Waals surface area contributed by atoms with Crippen LogP contribution in [0.2, 0.25) is 5.02 Å². The van der Waals surface area contributed by atoms with Crippen molar-refractivity contribution in [3.05, 3.63) is 77.6 Å². The van der Waals surface area contributed by atoms with Crippen LogP contribution >= 0.6 is 11.6 Å². The fourth-order valence-electron chi connectivity index (χ4n) is 3.54. The van der Waals surface area contributed by atoms with E-state index in [-0.39, 0.29) is 17.7 Å². The fourth-order valence-corrected chi connectivity index (χ4v) is 3.66. The van der Waals surface area contributed by atoms with Crippen LogP contribution in [0.25, 0.3) is 5.69 Å². The number of halogens is 1. The van der Waals surface area contributed by atoms with Crippen LogP contribution in [0.5, 0.6) is 0 Å². The maximum atomic E-state index is 13.0. The minimum absolute atomic E-state index is 0.0667. The summed E-state index contributed by atoms with van der Waals surface area (Å²) in [7, 11) is 0. The van der Waals surface area contributed by atoms with Crippen molar-refractivity contribution >= 4 is 29.1 Å². The Morgan fingerprint density at radius 2 is 1.93 bits per heavy atom. The van der Waals surface area contributed by atoms with E-state index in [9.17, 15) is 9.59 Å². The third-order valence-corrected chi connectivity index (χ3v) is 5.31. The van der Waals surface area contributed by atoms with E-state index in [1.165, 1.54) is 0 Å². The van der Waals surface area contributed by atoms with Gasteiger partial charge < -0.3 is 10.2 Å². The fraction of sp³-hybridized carbons (Fsp3) is 0.227. The SMILES string of the molecule is O=C(Nc1ccc(Cl)cc1)C1CCCN(C(=O)c2cccc(-n3cccn3)c2)C1. The number of rotatable bonds is 4. The van der Waals surface area contributed by atoms with Crippen LogP contribution in [0.4, 0.5) is 5.69 Å². The van der Waals surface area contributed by atoms with E-state index in [1.807, 2.05) is 30.5 Å². The second-order valence-electron chi connectivity index (χ2n) is 7.09. The van der Waals surface area contributed by atoms with Gasteiger partial charge in [-0.25, -0.2) is 4.68 Å². The molecule has 4 rings (SSSR count). The van der Waals surface area contributed by atoms with Crippen molar-refractivity contribution in [2.45, 2.75) is 12.8 Å². The number of likely N-dealkylation sites (tertiary alicyclic amines) is 1. The third kappa shape index (κ3) is 4.49. The smallest absolute Gasteiger partial charge is 0.253 e. The van der Waals surface area contributed by atoms with Gasteiger partial charge in [-0.2, -0.15) is 5.10 Å². The molecule has 0 bridgehead atoms. The minimum atomic E-state index is -0.238. The van der Waals surface area contributed by atoms with Crippen molar-refractivity contribution in [1.29, 1.82) is 0 Å². The van der Waals surface area contributed by atoms with Gasteiger partial charge in [0.2, 0.25) is 5.91 Å². The summed E-state index contributed by atoms with van der Waals surface area (Å²) < 4.78 is 1.72. The molecule has 3 aromatic rings. The lowest BCUT2D eigenvalue weighted by Crippen LogP contribution is -2.43. The van der Waals surface area contributed by atoms with E-state index < -0.39 is 0 Å². The number of aromatic nitrogens is 2. The summed E-state index contributed by atoms with van der Waals surface area (Å²) in [6, 6.07) is 16.2. The number of piperidine rings is 1. The van der Waals surface area contributed by atoms with Crippen molar-refractivity contribution in [3.8, 4) is 5.69 Å². The topological polar surface area (TPSA) is 67.2 Å². The normalized spacial score (nSPS) is 16.4. The van der Waals surface area contributed by atoms with Crippen molar-refractivity contribution < 1.29 is 9.59 Å². The predicted octanol–water partition coefficient (Wildman–Crippen LogP) is 4.02. The zero-order chi connectivity index (χ0) is 20.2. The molecule has 1 N–H and O–H groups in total. The first-order valence-corrected chi connectivity index (χ1v) is 9.94. The second kappa shape index (κ2) is 8.49. The number of carbonyl (C=O) groups is 2. The molecule has 1 unspecified atom stereocenters. The van der Waals surface area contributed by atoms with Crippen LogP contribution < -0.4 is 5.32 Å². The lowest BCUT2D eigenvalue weighted by Gasteiger charge is -2.32. The molecule has 29 heavy (non-hydrogen) atoms. The van der Waals surface area contributed by atoms with Gasteiger partial charge in [-0.3, -0.25) is 9.59 Å². The summed E-state index contributed by atoms with van der Waals surface area (Å²) in [6.07, 6.45) is 5.09. The summed E-state index contributed by atoms with van der Waals surface area (Å²) in [6.45, 7) is 1.06. The molecule has 1 aromatic heterocycles. The monoisotopic (exact) mass is 408 g/mol. The molecule has 1 aliphatic heterocycles. The highest BCUT2D eigenvalue weighted by molar-refractivity contribution is 6.30. The minimum Gasteiger partial charge on any atom is -0.338 e. The van der Waals surface area contributed by atoms with Crippen molar-refractivity contribution in [1.82, 2.24) is 14.7 Å². The predicted molar refractivity (Wildman–Crippen MR) is 112 cm³/mol. The van der Waals surface area contributed by atoms with Gasteiger partial charge in [-0.15, -0.1) is 0 Å². The molecule has 6 nitrogen and oxygen atoms in total. The summed E-state index contributed by atoms with van der Waals surface area (Å²) in [4.78, 5) is 27.5. The maximum Gasteiger partial charge on any atom is 0.253 e. The van der Waals surface area contributed by atoms with Gasteiger partial charge >= 0.3 is 0 Å². The molecular weight excluding hydrogens is 388 g/mol. The van der Waals surface area contributed by atoms with Gasteiger partial charge in [0.15, 0.2) is 0 Å². The molecule has 1 aliphatic rings. The summed E-state index contributed by atoms with van der Waals surface area (Å²) in [5, 5.41) is 7.75. The Labute approximate surface area is 174 Å². The number of carbonyl (C=O) groups excluding carboxylic acids is 2. The molecule has 0 saturated carbocycles. The molecule has 0 aliphatic carbocycles. The van der Waals surface area contributed by atoms with Crippen LogP contribution in [0.3, 0.4) is 0 Å². The van der Waals surface area contributed by atoms with E-state index in [2.05, 4.69) is 10.4 Å². The zero-order valence-corrected chi connectivity index (χ0v) is 16.5. The molecule has 2 amide bonds. The van der Waals surface area contributed by atoms with Crippen LogP contribution in [-0.4, -0.2) is 39.6 Å². The summed E-state index contributed by atoms with van der Waals surface area (Å²) in [5.41, 5.74) is 2.13. The average molecular weight is 409 g/mol. The standard InChI is InChI=1S/C22H21ClN4O2/c23-18-7-9-19(10-8-18)25-21(28)17-5-2-12-26(15-17)22(29)16-4-1-6-20(14-16)27-13-3-11-24-27/h1,3-4,6-11,13-14,17H,2,5,12,15H2,(H,25,28). The maximum absolute atomic E-state index is 13.0. The van der Waals surface area contributed by atoms with Gasteiger partial charge in [0.05, 0.1) is 11.6 Å². The highest BCUT2D eigenvalue weighted by atomic mass is 35.5. The van der Waals surface area contributed by atoms with Crippen LogP contribution in [0.15, 0.2) is 67.0 Å². The van der Waals surface area contributed by atoms with E-state index in [0.29, 0.717) is 29.4 Å². The number of nitrogens with zero attached hydrogens (tertiary/aromatic N) is 3. The highest BCUT2D eigenvalue weighted by Gasteiger charge is 2.29. The molecule has 1 saturated heterocycles. The van der Waals surface area contributed by atoms with Crippen molar-refractivity contribution in [3.63, 3.8) is 0 Å². The van der Waals surface area contributed by atoms with Gasteiger partial charge in [0, 0.05) is 41.8 Å². The Bertz CT molecular complexity index is 1000. The molecule has 0 spiro atoms. The van der Waals surface area contributed by atoms with Gasteiger partial charge in [-0.1, -0.05) is 17.7 Å². The zero-order valence-electron chi connectivity index (χ0n) is 15.8. The summed E-state index contributed by atoms with van der Waals surface area (Å²) in [5.74, 6) is -0.379. The van der Waals surface area contributed by atoms with Crippen LogP contribution in [0, 0.1) is 5.92 Å². The molecule has 2 aromatic carbocycles. The Hall–Kier alpha value is -3.12. The molecule has 0 radical (unpaired) electrons. The molecular formula is C22H21ClN4O2. The third-order valence-electron chi connectivity index (χ3n) is 5.05. The Balaban J connectivity index is 1.44. The number of anilines is 1. The Morgan fingerprint density at radius 1 is 1.10 bits per heavy atom. The second-order valence-corrected chi connectivity index (χ2v) is 7.52. The number of benzene rings is 2. The largest absolute Gasteiger partial charge is 0.338 e. The first-order chi connectivity index (χ1) is 14.1. The van der Waals surface area contributed by atoms with Crippen molar-refractivity contribution in [2.24, 2.45) is 5.92 Å². The van der Waals surface area contributed by atoms with E-state index >= 15 is 0 Å². The molecule has 2 heterocycles. The average Bonchev–Trinajstić information content (AvgIpc) is 3.30. The van der Waals surface area contributed by atoms with Crippen molar-refractivity contribution in [2.75, 3.05) is 18.4 Å². The Kier molecular flexibility index (Phi) is 5.62. The van der Waals surface area contributed by atoms with Gasteiger partial charge in [0.25, 0.3) is 5.91 Å². The van der Waals surface area contributed by atoms with Crippen LogP contribution in [0.1, 0.15) is 23.2 Å². The molecule has 1 atom stereocenters. The van der Waals surface area contributed by atoms with E-state index in [0.717, 1.165) is 18.5 Å². The molecule has 1 fully saturated rings. The first kappa shape index (κ1) is 19.2. The quantitative estimate of drug-likeness (QED) is 0.709. The Morgan fingerprint density at radius 3 is 2.69 bits per heavy atom. The van der Waals surface area contributed by atoms with E-state index in [4.69, 9.17) is 11.6 Å². The molecule has 148 valence electrons. The lowest BCUT2D eigenvalue weighted by atomic mass is 9.96. The van der Waals surface area contributed by atoms with Gasteiger partial charge in [-0.05, 0) is 61.4 Å². The first-order valence-electron chi connectivity index (χ1n) is 9.56. The number of amides is 2. The highest BCUT2D eigenvalue weighted by Crippen LogP contribution is 2.22. The lowest BCUT2D eigenvalue weighted by molar-refractivity contribution is -0.121. The van der Waals surface area contributed by atoms with Gasteiger partial charge in [0.1, 0.15) is 0 Å². The number of hydrogen-bond donors (Lipinski definition) is 1. The number of hydrogen-bond acceptors (Lipinski definition) is 3. The number of nitrogens with one attached hydrogen (secondary N) is 1. The van der Waals surface area contributed by atoms with Crippen LogP contribution in [-0.2, 0) is 4.79 Å². The summed E-state index contributed by atoms with van der Waals surface area (Å²) >= 11 is 5.89. The van der Waals surface area contributed by atoms with E-state index in [1.54, 1.807) is 46.1 Å². The molecule has 7 heteroatoms.